The van der Waals surface area contributed by atoms with Crippen molar-refractivity contribution in [3.63, 3.8) is 0 Å². The lowest BCUT2D eigenvalue weighted by Gasteiger charge is -2.20. The number of amides is 1. The molecule has 1 aromatic heterocycles. The van der Waals surface area contributed by atoms with Crippen molar-refractivity contribution >= 4 is 5.91 Å². The molecule has 3 nitrogen and oxygen atoms in total. The molecule has 0 N–H and O–H groups in total. The zero-order valence-electron chi connectivity index (χ0n) is 16.4. The summed E-state index contributed by atoms with van der Waals surface area (Å²) in [6.45, 7) is 8.60. The first kappa shape index (κ1) is 21.9. The predicted octanol–water partition coefficient (Wildman–Crippen LogP) is 5.48. The molecule has 0 aliphatic carbocycles. The van der Waals surface area contributed by atoms with Crippen LogP contribution in [0.5, 0.6) is 0 Å². The van der Waals surface area contributed by atoms with Crippen LogP contribution in [0.25, 0.3) is 0 Å². The van der Waals surface area contributed by atoms with Crippen LogP contribution in [-0.4, -0.2) is 10.5 Å². The number of hydrogen-bond acceptors (Lipinski definition) is 1. The third-order valence-corrected chi connectivity index (χ3v) is 4.37. The van der Waals surface area contributed by atoms with Crippen LogP contribution in [0.2, 0.25) is 0 Å². The smallest absolute Gasteiger partial charge is 0.333 e. The van der Waals surface area contributed by atoms with Gasteiger partial charge in [0.2, 0.25) is 0 Å². The molecule has 1 amide bonds. The van der Waals surface area contributed by atoms with E-state index >= 15 is 0 Å². The first-order valence-electron chi connectivity index (χ1n) is 9.10. The molecule has 0 unspecified atom stereocenters. The largest absolute Gasteiger partial charge is 0.416 e. The third kappa shape index (κ3) is 5.30. The second-order valence-electron chi connectivity index (χ2n) is 7.68. The molecule has 0 aliphatic heterocycles. The lowest BCUT2D eigenvalue weighted by Crippen LogP contribution is -2.25. The molecule has 7 heteroatoms. The Hall–Kier alpha value is -2.44. The molecule has 152 valence electrons. The summed E-state index contributed by atoms with van der Waals surface area (Å²) in [4.78, 5) is 16.5. The summed E-state index contributed by atoms with van der Waals surface area (Å²) in [6.07, 6.45) is -1.11. The molecule has 0 saturated carbocycles. The zero-order valence-corrected chi connectivity index (χ0v) is 16.4. The van der Waals surface area contributed by atoms with E-state index in [-0.39, 0.29) is 5.41 Å². The highest BCUT2D eigenvalue weighted by molar-refractivity contribution is 5.95. The number of aryl methyl sites for hydroxylation is 1. The van der Waals surface area contributed by atoms with Gasteiger partial charge < -0.3 is 4.57 Å². The molecule has 1 aromatic carbocycles. The van der Waals surface area contributed by atoms with E-state index in [0.29, 0.717) is 30.2 Å². The van der Waals surface area contributed by atoms with E-state index in [1.165, 1.54) is 0 Å². The first-order chi connectivity index (χ1) is 12.9. The van der Waals surface area contributed by atoms with E-state index < -0.39 is 29.0 Å². The fourth-order valence-electron chi connectivity index (χ4n) is 2.63. The molecule has 2 rings (SSSR count). The van der Waals surface area contributed by atoms with Gasteiger partial charge in [0.25, 0.3) is 5.91 Å². The Morgan fingerprint density at radius 1 is 1.07 bits per heavy atom. The molecule has 0 spiro atoms. The summed E-state index contributed by atoms with van der Waals surface area (Å²) < 4.78 is 54.5. The van der Waals surface area contributed by atoms with E-state index in [1.807, 2.05) is 33.8 Å². The summed E-state index contributed by atoms with van der Waals surface area (Å²) in [6, 6.07) is 5.39. The van der Waals surface area contributed by atoms with Crippen molar-refractivity contribution in [2.75, 3.05) is 0 Å². The standard InChI is InChI=1S/C21H24F4N2O/c1-5-6-10-27-11-9-14(20(2,3)4)13-18(27)26-19(28)16-12-15(21(23,24)25)7-8-17(16)22/h7-9,11-13H,5-6,10H2,1-4H3/b26-18+. The van der Waals surface area contributed by atoms with E-state index in [0.717, 1.165) is 18.4 Å². The normalized spacial score (nSPS) is 13.1. The van der Waals surface area contributed by atoms with Crippen molar-refractivity contribution in [1.82, 2.24) is 4.57 Å². The van der Waals surface area contributed by atoms with Crippen LogP contribution in [0, 0.1) is 5.82 Å². The predicted molar refractivity (Wildman–Crippen MR) is 99.3 cm³/mol. The van der Waals surface area contributed by atoms with Gasteiger partial charge in [-0.15, -0.1) is 0 Å². The molecule has 28 heavy (non-hydrogen) atoms. The topological polar surface area (TPSA) is 34.4 Å². The van der Waals surface area contributed by atoms with Crippen molar-refractivity contribution in [3.8, 4) is 0 Å². The van der Waals surface area contributed by atoms with Gasteiger partial charge in [-0.2, -0.15) is 18.2 Å². The van der Waals surface area contributed by atoms with Gasteiger partial charge >= 0.3 is 6.18 Å². The van der Waals surface area contributed by atoms with E-state index in [1.54, 1.807) is 16.8 Å². The van der Waals surface area contributed by atoms with E-state index in [2.05, 4.69) is 4.99 Å². The number of alkyl halides is 3. The summed E-state index contributed by atoms with van der Waals surface area (Å²) in [5.74, 6) is -2.08. The molecular weight excluding hydrogens is 372 g/mol. The average Bonchev–Trinajstić information content (AvgIpc) is 2.59. The Kier molecular flexibility index (Phi) is 6.47. The fraction of sp³-hybridized carbons (Fsp3) is 0.429. The van der Waals surface area contributed by atoms with Crippen molar-refractivity contribution in [3.05, 3.63) is 64.5 Å². The van der Waals surface area contributed by atoms with Crippen LogP contribution in [0.1, 0.15) is 62.0 Å². The van der Waals surface area contributed by atoms with Gasteiger partial charge in [-0.25, -0.2) is 4.39 Å². The van der Waals surface area contributed by atoms with Crippen LogP contribution in [0.3, 0.4) is 0 Å². The van der Waals surface area contributed by atoms with Crippen LogP contribution < -0.4 is 5.49 Å². The first-order valence-corrected chi connectivity index (χ1v) is 9.10. The Bertz CT molecular complexity index is 921. The SMILES string of the molecule is CCCCn1ccc(C(C)(C)C)c/c1=N\C(=O)c1cc(C(F)(F)F)ccc1F. The van der Waals surface area contributed by atoms with Crippen molar-refractivity contribution in [1.29, 1.82) is 0 Å². The number of unbranched alkanes of at least 4 members (excludes halogenated alkanes) is 1. The molecule has 0 fully saturated rings. The van der Waals surface area contributed by atoms with Gasteiger partial charge in [-0.3, -0.25) is 4.79 Å². The Morgan fingerprint density at radius 2 is 1.75 bits per heavy atom. The second-order valence-corrected chi connectivity index (χ2v) is 7.68. The number of hydrogen-bond donors (Lipinski definition) is 0. The number of nitrogens with zero attached hydrogens (tertiary/aromatic N) is 2. The maximum Gasteiger partial charge on any atom is 0.416 e. The number of pyridine rings is 1. The van der Waals surface area contributed by atoms with Gasteiger partial charge in [0.1, 0.15) is 11.3 Å². The summed E-state index contributed by atoms with van der Waals surface area (Å²) in [7, 11) is 0. The fourth-order valence-corrected chi connectivity index (χ4v) is 2.63. The number of carbonyl (C=O) groups excluding carboxylic acids is 1. The number of carbonyl (C=O) groups is 1. The van der Waals surface area contributed by atoms with E-state index in [4.69, 9.17) is 0 Å². The van der Waals surface area contributed by atoms with E-state index in [9.17, 15) is 22.4 Å². The summed E-state index contributed by atoms with van der Waals surface area (Å²) in [5, 5.41) is 0. The molecular formula is C21H24F4N2O. The highest BCUT2D eigenvalue weighted by Crippen LogP contribution is 2.30. The van der Waals surface area contributed by atoms with Gasteiger partial charge in [0.15, 0.2) is 0 Å². The molecule has 0 bridgehead atoms. The van der Waals surface area contributed by atoms with Gasteiger partial charge in [-0.05, 0) is 47.7 Å². The van der Waals surface area contributed by atoms with Crippen molar-refractivity contribution < 1.29 is 22.4 Å². The van der Waals surface area contributed by atoms with Crippen molar-refractivity contribution in [2.45, 2.75) is 58.7 Å². The third-order valence-electron chi connectivity index (χ3n) is 4.37. The maximum absolute atomic E-state index is 14.0. The summed E-state index contributed by atoms with van der Waals surface area (Å²) >= 11 is 0. The van der Waals surface area contributed by atoms with Crippen LogP contribution >= 0.6 is 0 Å². The van der Waals surface area contributed by atoms with Gasteiger partial charge in [-0.1, -0.05) is 34.1 Å². The monoisotopic (exact) mass is 396 g/mol. The minimum Gasteiger partial charge on any atom is -0.333 e. The van der Waals surface area contributed by atoms with Crippen LogP contribution in [0.4, 0.5) is 17.6 Å². The van der Waals surface area contributed by atoms with Gasteiger partial charge in [0.05, 0.1) is 11.1 Å². The highest BCUT2D eigenvalue weighted by Gasteiger charge is 2.32. The lowest BCUT2D eigenvalue weighted by atomic mass is 9.88. The maximum atomic E-state index is 14.0. The zero-order chi connectivity index (χ0) is 21.1. The number of rotatable bonds is 4. The number of benzene rings is 1. The summed E-state index contributed by atoms with van der Waals surface area (Å²) in [5.41, 5.74) is -0.787. The number of halogens is 4. The molecule has 1 heterocycles. The lowest BCUT2D eigenvalue weighted by molar-refractivity contribution is -0.137. The molecule has 0 atom stereocenters. The molecule has 0 radical (unpaired) electrons. The average molecular weight is 396 g/mol. The molecule has 0 saturated heterocycles. The quantitative estimate of drug-likeness (QED) is 0.630. The van der Waals surface area contributed by atoms with Crippen LogP contribution in [-0.2, 0) is 18.1 Å². The Labute approximate surface area is 161 Å². The minimum atomic E-state index is -4.67. The minimum absolute atomic E-state index is 0.210. The number of aromatic nitrogens is 1. The van der Waals surface area contributed by atoms with Gasteiger partial charge in [0, 0.05) is 12.7 Å². The van der Waals surface area contributed by atoms with Crippen LogP contribution in [0.15, 0.2) is 41.5 Å². The molecule has 0 aliphatic rings. The second kappa shape index (κ2) is 8.29. The Morgan fingerprint density at radius 3 is 2.32 bits per heavy atom. The molecule has 2 aromatic rings. The highest BCUT2D eigenvalue weighted by atomic mass is 19.4. The Balaban J connectivity index is 2.58. The van der Waals surface area contributed by atoms with Crippen molar-refractivity contribution in [2.24, 2.45) is 4.99 Å².